The number of amides is 2. The maximum absolute atomic E-state index is 13.0. The molecule has 7 nitrogen and oxygen atoms in total. The van der Waals surface area contributed by atoms with Crippen LogP contribution in [0.25, 0.3) is 11.1 Å². The van der Waals surface area contributed by atoms with Crippen LogP contribution in [0.2, 0.25) is 0 Å². The Morgan fingerprint density at radius 3 is 2.23 bits per heavy atom. The summed E-state index contributed by atoms with van der Waals surface area (Å²) in [5, 5.41) is 12.5. The lowest BCUT2D eigenvalue weighted by Gasteiger charge is -2.24. The molecule has 3 aliphatic rings. The van der Waals surface area contributed by atoms with E-state index < -0.39 is 17.5 Å². The molecule has 2 aromatic rings. The van der Waals surface area contributed by atoms with E-state index in [-0.39, 0.29) is 49.3 Å². The summed E-state index contributed by atoms with van der Waals surface area (Å²) >= 11 is 0. The summed E-state index contributed by atoms with van der Waals surface area (Å²) in [5.74, 6) is -0.883. The fourth-order valence-electron chi connectivity index (χ4n) is 5.56. The van der Waals surface area contributed by atoms with Gasteiger partial charge in [0.05, 0.1) is 5.41 Å². The van der Waals surface area contributed by atoms with E-state index in [1.165, 1.54) is 11.1 Å². The summed E-state index contributed by atoms with van der Waals surface area (Å²) in [6, 6.07) is 16.1. The largest absolute Gasteiger partial charge is 0.481 e. The number of benzene rings is 2. The molecule has 2 N–H and O–H groups in total. The molecule has 1 saturated carbocycles. The molecule has 2 aliphatic carbocycles. The molecule has 2 fully saturated rings. The molecule has 0 radical (unpaired) electrons. The molecule has 1 unspecified atom stereocenters. The zero-order valence-corrected chi connectivity index (χ0v) is 20.2. The SMILES string of the molecule is C[C@H]1CN(C(=O)CC(NC(=O)OCC2c3ccccc3-c3ccccc32)C2CC2)C[C@]1(C)C(=O)O. The molecule has 2 aromatic carbocycles. The molecule has 0 bridgehead atoms. The van der Waals surface area contributed by atoms with Crippen LogP contribution in [0.3, 0.4) is 0 Å². The van der Waals surface area contributed by atoms with Gasteiger partial charge in [0.1, 0.15) is 6.61 Å². The van der Waals surface area contributed by atoms with Crippen molar-refractivity contribution in [2.45, 2.75) is 45.1 Å². The van der Waals surface area contributed by atoms with Gasteiger partial charge >= 0.3 is 12.1 Å². The smallest absolute Gasteiger partial charge is 0.407 e. The second-order valence-corrected chi connectivity index (χ2v) is 10.5. The van der Waals surface area contributed by atoms with Crippen LogP contribution < -0.4 is 5.32 Å². The van der Waals surface area contributed by atoms with Gasteiger partial charge in [-0.1, -0.05) is 55.5 Å². The molecule has 0 aromatic heterocycles. The Hall–Kier alpha value is -3.35. The number of carboxylic acid groups (broad SMARTS) is 1. The lowest BCUT2D eigenvalue weighted by atomic mass is 9.81. The van der Waals surface area contributed by atoms with Gasteiger partial charge in [-0.05, 0) is 53.9 Å². The molecule has 1 aliphatic heterocycles. The van der Waals surface area contributed by atoms with E-state index in [4.69, 9.17) is 4.74 Å². The van der Waals surface area contributed by atoms with Crippen molar-refractivity contribution in [1.82, 2.24) is 10.2 Å². The molecule has 3 atom stereocenters. The Labute approximate surface area is 205 Å². The average molecular weight is 477 g/mol. The minimum Gasteiger partial charge on any atom is -0.481 e. The van der Waals surface area contributed by atoms with Crippen LogP contribution >= 0.6 is 0 Å². The van der Waals surface area contributed by atoms with Crippen molar-refractivity contribution >= 4 is 18.0 Å². The molecule has 1 saturated heterocycles. The molecule has 35 heavy (non-hydrogen) atoms. The van der Waals surface area contributed by atoms with Crippen molar-refractivity contribution in [3.8, 4) is 11.1 Å². The second-order valence-electron chi connectivity index (χ2n) is 10.5. The van der Waals surface area contributed by atoms with E-state index in [0.29, 0.717) is 6.54 Å². The van der Waals surface area contributed by atoms with Crippen molar-refractivity contribution < 1.29 is 24.2 Å². The maximum Gasteiger partial charge on any atom is 0.407 e. The third-order valence-electron chi connectivity index (χ3n) is 8.18. The monoisotopic (exact) mass is 476 g/mol. The predicted octanol–water partition coefficient (Wildman–Crippen LogP) is 4.26. The molecule has 1 heterocycles. The number of rotatable bonds is 7. The Bertz CT molecular complexity index is 1110. The van der Waals surface area contributed by atoms with E-state index in [1.807, 2.05) is 31.2 Å². The number of aliphatic carboxylic acids is 1. The number of fused-ring (bicyclic) bond motifs is 3. The number of likely N-dealkylation sites (tertiary alicyclic amines) is 1. The summed E-state index contributed by atoms with van der Waals surface area (Å²) in [5.41, 5.74) is 3.71. The molecule has 184 valence electrons. The summed E-state index contributed by atoms with van der Waals surface area (Å²) in [6.45, 7) is 4.41. The first-order chi connectivity index (χ1) is 16.8. The molecular formula is C28H32N2O5. The van der Waals surface area contributed by atoms with Crippen LogP contribution in [0.15, 0.2) is 48.5 Å². The van der Waals surface area contributed by atoms with Crippen molar-refractivity contribution in [2.75, 3.05) is 19.7 Å². The number of carbonyl (C=O) groups excluding carboxylic acids is 2. The van der Waals surface area contributed by atoms with Crippen LogP contribution in [-0.4, -0.2) is 53.7 Å². The van der Waals surface area contributed by atoms with Crippen molar-refractivity contribution in [3.63, 3.8) is 0 Å². The summed E-state index contributed by atoms with van der Waals surface area (Å²) in [6.07, 6.45) is 1.58. The van der Waals surface area contributed by atoms with Gasteiger partial charge in [-0.2, -0.15) is 0 Å². The van der Waals surface area contributed by atoms with Gasteiger partial charge in [0.15, 0.2) is 0 Å². The first-order valence-electron chi connectivity index (χ1n) is 12.4. The second kappa shape index (κ2) is 9.02. The highest BCUT2D eigenvalue weighted by atomic mass is 16.5. The van der Waals surface area contributed by atoms with Gasteiger partial charge < -0.3 is 20.1 Å². The lowest BCUT2D eigenvalue weighted by Crippen LogP contribution is -2.42. The van der Waals surface area contributed by atoms with Gasteiger partial charge in [0.2, 0.25) is 5.91 Å². The third kappa shape index (κ3) is 4.40. The van der Waals surface area contributed by atoms with Gasteiger partial charge in [0, 0.05) is 31.5 Å². The van der Waals surface area contributed by atoms with E-state index in [1.54, 1.807) is 11.8 Å². The minimum atomic E-state index is -0.940. The normalized spacial score (nSPS) is 23.9. The van der Waals surface area contributed by atoms with Crippen molar-refractivity contribution in [1.29, 1.82) is 0 Å². The number of ether oxygens (including phenoxy) is 1. The van der Waals surface area contributed by atoms with Crippen LogP contribution in [0.5, 0.6) is 0 Å². The molecule has 7 heteroatoms. The van der Waals surface area contributed by atoms with E-state index >= 15 is 0 Å². The molecule has 0 spiro atoms. The number of hydrogen-bond donors (Lipinski definition) is 2. The summed E-state index contributed by atoms with van der Waals surface area (Å²) < 4.78 is 5.68. The van der Waals surface area contributed by atoms with E-state index in [2.05, 4.69) is 29.6 Å². The zero-order valence-electron chi connectivity index (χ0n) is 20.2. The predicted molar refractivity (Wildman–Crippen MR) is 131 cm³/mol. The summed E-state index contributed by atoms with van der Waals surface area (Å²) in [4.78, 5) is 39.1. The Morgan fingerprint density at radius 2 is 1.69 bits per heavy atom. The highest BCUT2D eigenvalue weighted by molar-refractivity contribution is 5.82. The maximum atomic E-state index is 13.0. The highest BCUT2D eigenvalue weighted by Gasteiger charge is 2.48. The van der Waals surface area contributed by atoms with Crippen LogP contribution in [0, 0.1) is 17.3 Å². The highest BCUT2D eigenvalue weighted by Crippen LogP contribution is 2.44. The number of alkyl carbamates (subject to hydrolysis) is 1. The number of carboxylic acids is 1. The van der Waals surface area contributed by atoms with Crippen LogP contribution in [0.1, 0.15) is 50.2 Å². The van der Waals surface area contributed by atoms with Gasteiger partial charge in [-0.25, -0.2) is 4.79 Å². The Morgan fingerprint density at radius 1 is 1.09 bits per heavy atom. The first kappa shape index (κ1) is 23.4. The quantitative estimate of drug-likeness (QED) is 0.622. The van der Waals surface area contributed by atoms with Gasteiger partial charge in [-0.3, -0.25) is 9.59 Å². The fourth-order valence-corrected chi connectivity index (χ4v) is 5.56. The Balaban J connectivity index is 1.20. The molecule has 2 amide bonds. The van der Waals surface area contributed by atoms with E-state index in [9.17, 15) is 19.5 Å². The van der Waals surface area contributed by atoms with Gasteiger partial charge in [-0.15, -0.1) is 0 Å². The van der Waals surface area contributed by atoms with Crippen LogP contribution in [-0.2, 0) is 14.3 Å². The average Bonchev–Trinajstić information content (AvgIpc) is 3.58. The van der Waals surface area contributed by atoms with Gasteiger partial charge in [0.25, 0.3) is 0 Å². The van der Waals surface area contributed by atoms with Crippen LogP contribution in [0.4, 0.5) is 4.79 Å². The molecule has 5 rings (SSSR count). The zero-order chi connectivity index (χ0) is 24.7. The fraction of sp³-hybridized carbons (Fsp3) is 0.464. The number of nitrogens with zero attached hydrogens (tertiary/aromatic N) is 1. The summed E-state index contributed by atoms with van der Waals surface area (Å²) in [7, 11) is 0. The Kier molecular flexibility index (Phi) is 6.03. The third-order valence-corrected chi connectivity index (χ3v) is 8.18. The number of carbonyl (C=O) groups is 3. The van der Waals surface area contributed by atoms with Crippen molar-refractivity contribution in [2.24, 2.45) is 17.3 Å². The number of hydrogen-bond acceptors (Lipinski definition) is 4. The standard InChI is InChI=1S/C28H32N2O5/c1-17-14-30(16-28(17,2)26(32)33)25(31)13-24(18-11-12-18)29-27(34)35-15-23-21-9-5-3-7-19(21)20-8-4-6-10-22(20)23/h3-10,17-18,23-24H,11-16H2,1-2H3,(H,29,34)(H,32,33)/t17-,24?,28-/m0/s1. The van der Waals surface area contributed by atoms with E-state index in [0.717, 1.165) is 24.0 Å². The van der Waals surface area contributed by atoms with Crippen molar-refractivity contribution in [3.05, 3.63) is 59.7 Å². The lowest BCUT2D eigenvalue weighted by molar-refractivity contribution is -0.149. The number of nitrogens with one attached hydrogen (secondary N) is 1. The molecular weight excluding hydrogens is 444 g/mol. The topological polar surface area (TPSA) is 95.9 Å². The minimum absolute atomic E-state index is 0.0195. The first-order valence-corrected chi connectivity index (χ1v) is 12.4.